The van der Waals surface area contributed by atoms with Crippen LogP contribution in [0.25, 0.3) is 22.5 Å². The quantitative estimate of drug-likeness (QED) is 0.412. The average molecular weight is 379 g/mol. The number of H-pyrrole nitrogens is 1. The number of carbonyl (C=O) groups is 1. The fourth-order valence-corrected chi connectivity index (χ4v) is 2.86. The van der Waals surface area contributed by atoms with Crippen molar-refractivity contribution in [3.05, 3.63) is 80.3 Å². The summed E-state index contributed by atoms with van der Waals surface area (Å²) in [5, 5.41) is 11.3. The van der Waals surface area contributed by atoms with Gasteiger partial charge in [-0.3, -0.25) is 10.1 Å². The summed E-state index contributed by atoms with van der Waals surface area (Å²) < 4.78 is 5.16. The maximum atomic E-state index is 12.7. The smallest absolute Gasteiger partial charge is 0.346 e. The molecular formula is C20H17N3O5. The number of benzene rings is 2. The van der Waals surface area contributed by atoms with Gasteiger partial charge in [-0.1, -0.05) is 42.5 Å². The lowest BCUT2D eigenvalue weighted by Crippen LogP contribution is -2.19. The SMILES string of the molecule is CCOC(=O)c1c(-c2ccc(C)c([N+](=O)[O-])c2)nc(=O)[nH]c1-c1ccccc1. The van der Waals surface area contributed by atoms with Crippen molar-refractivity contribution in [2.75, 3.05) is 6.61 Å². The molecule has 142 valence electrons. The third-order valence-corrected chi connectivity index (χ3v) is 4.15. The van der Waals surface area contributed by atoms with Gasteiger partial charge >= 0.3 is 11.7 Å². The number of rotatable bonds is 5. The van der Waals surface area contributed by atoms with Crippen LogP contribution in [0, 0.1) is 17.0 Å². The van der Waals surface area contributed by atoms with E-state index in [1.54, 1.807) is 56.3 Å². The van der Waals surface area contributed by atoms with Gasteiger partial charge in [-0.2, -0.15) is 4.98 Å². The van der Waals surface area contributed by atoms with E-state index < -0.39 is 16.6 Å². The van der Waals surface area contributed by atoms with Crippen molar-refractivity contribution >= 4 is 11.7 Å². The molecule has 28 heavy (non-hydrogen) atoms. The molecule has 0 amide bonds. The lowest BCUT2D eigenvalue weighted by Gasteiger charge is -2.13. The second-order valence-corrected chi connectivity index (χ2v) is 5.99. The normalized spacial score (nSPS) is 10.5. The number of aryl methyl sites for hydroxylation is 1. The topological polar surface area (TPSA) is 115 Å². The highest BCUT2D eigenvalue weighted by molar-refractivity contribution is 6.02. The highest BCUT2D eigenvalue weighted by atomic mass is 16.6. The van der Waals surface area contributed by atoms with E-state index in [9.17, 15) is 19.7 Å². The van der Waals surface area contributed by atoms with Crippen LogP contribution in [-0.4, -0.2) is 27.5 Å². The zero-order valence-corrected chi connectivity index (χ0v) is 15.3. The van der Waals surface area contributed by atoms with E-state index in [2.05, 4.69) is 9.97 Å². The molecule has 0 aliphatic heterocycles. The fraction of sp³-hybridized carbons (Fsp3) is 0.150. The van der Waals surface area contributed by atoms with E-state index in [1.165, 1.54) is 6.07 Å². The molecule has 2 aromatic carbocycles. The first-order chi connectivity index (χ1) is 13.4. The van der Waals surface area contributed by atoms with Gasteiger partial charge in [0.25, 0.3) is 5.69 Å². The van der Waals surface area contributed by atoms with Crippen molar-refractivity contribution in [3.8, 4) is 22.5 Å². The molecule has 1 heterocycles. The zero-order valence-electron chi connectivity index (χ0n) is 15.3. The molecule has 0 aliphatic rings. The van der Waals surface area contributed by atoms with Gasteiger partial charge in [0.15, 0.2) is 0 Å². The van der Waals surface area contributed by atoms with Crippen LogP contribution in [0.1, 0.15) is 22.8 Å². The number of nitro groups is 1. The van der Waals surface area contributed by atoms with Crippen molar-refractivity contribution in [2.45, 2.75) is 13.8 Å². The molecule has 0 saturated heterocycles. The van der Waals surface area contributed by atoms with Gasteiger partial charge in [-0.15, -0.1) is 0 Å². The summed E-state index contributed by atoms with van der Waals surface area (Å²) in [5.74, 6) is -0.677. The maximum Gasteiger partial charge on any atom is 0.346 e. The van der Waals surface area contributed by atoms with Crippen LogP contribution in [0.4, 0.5) is 5.69 Å². The van der Waals surface area contributed by atoms with Crippen molar-refractivity contribution in [1.29, 1.82) is 0 Å². The van der Waals surface area contributed by atoms with Gasteiger partial charge in [0, 0.05) is 17.2 Å². The summed E-state index contributed by atoms with van der Waals surface area (Å²) in [6, 6.07) is 13.2. The lowest BCUT2D eigenvalue weighted by molar-refractivity contribution is -0.385. The number of nitrogens with one attached hydrogen (secondary N) is 1. The first-order valence-corrected chi connectivity index (χ1v) is 8.54. The molecule has 0 radical (unpaired) electrons. The number of hydrogen-bond acceptors (Lipinski definition) is 6. The second-order valence-electron chi connectivity index (χ2n) is 5.99. The fourth-order valence-electron chi connectivity index (χ4n) is 2.86. The standard InChI is InChI=1S/C20H17N3O5/c1-3-28-19(24)16-17(13-7-5-4-6-8-13)21-20(25)22-18(16)14-10-9-12(2)15(11-14)23(26)27/h4-11H,3H2,1-2H3,(H,21,22,25). The number of aromatic amines is 1. The summed E-state index contributed by atoms with van der Waals surface area (Å²) in [6.45, 7) is 3.39. The summed E-state index contributed by atoms with van der Waals surface area (Å²) in [4.78, 5) is 42.2. The zero-order chi connectivity index (χ0) is 20.3. The van der Waals surface area contributed by atoms with Crippen LogP contribution in [0.15, 0.2) is 53.3 Å². The number of nitrogens with zero attached hydrogens (tertiary/aromatic N) is 2. The Morgan fingerprint density at radius 1 is 1.18 bits per heavy atom. The minimum absolute atomic E-state index is 0.0316. The van der Waals surface area contributed by atoms with E-state index in [-0.39, 0.29) is 34.8 Å². The van der Waals surface area contributed by atoms with Crippen LogP contribution >= 0.6 is 0 Å². The van der Waals surface area contributed by atoms with Crippen LogP contribution in [0.5, 0.6) is 0 Å². The highest BCUT2D eigenvalue weighted by Crippen LogP contribution is 2.31. The molecule has 8 heteroatoms. The predicted molar refractivity (Wildman–Crippen MR) is 103 cm³/mol. The molecule has 3 aromatic rings. The number of aromatic nitrogens is 2. The van der Waals surface area contributed by atoms with Gasteiger partial charge in [-0.25, -0.2) is 9.59 Å². The van der Waals surface area contributed by atoms with Gasteiger partial charge < -0.3 is 9.72 Å². The molecular weight excluding hydrogens is 362 g/mol. The van der Waals surface area contributed by atoms with Crippen LogP contribution in [0.3, 0.4) is 0 Å². The minimum atomic E-state index is -0.677. The van der Waals surface area contributed by atoms with Crippen molar-refractivity contribution in [1.82, 2.24) is 9.97 Å². The van der Waals surface area contributed by atoms with E-state index in [0.717, 1.165) is 0 Å². The van der Waals surface area contributed by atoms with Crippen molar-refractivity contribution < 1.29 is 14.5 Å². The van der Waals surface area contributed by atoms with Crippen LogP contribution < -0.4 is 5.69 Å². The van der Waals surface area contributed by atoms with E-state index in [1.807, 2.05) is 0 Å². The summed E-state index contributed by atoms with van der Waals surface area (Å²) in [7, 11) is 0. The second kappa shape index (κ2) is 7.83. The predicted octanol–water partition coefficient (Wildman–Crippen LogP) is 3.50. The Kier molecular flexibility index (Phi) is 5.30. The average Bonchev–Trinajstić information content (AvgIpc) is 2.68. The van der Waals surface area contributed by atoms with Gasteiger partial charge in [0.2, 0.25) is 0 Å². The number of carbonyl (C=O) groups excluding carboxylic acids is 1. The molecule has 1 N–H and O–H groups in total. The van der Waals surface area contributed by atoms with Crippen molar-refractivity contribution in [2.24, 2.45) is 0 Å². The third-order valence-electron chi connectivity index (χ3n) is 4.15. The number of nitro benzene ring substituents is 1. The molecule has 0 bridgehead atoms. The molecule has 0 unspecified atom stereocenters. The van der Waals surface area contributed by atoms with E-state index in [0.29, 0.717) is 11.1 Å². The molecule has 3 rings (SSSR count). The molecule has 0 spiro atoms. The number of hydrogen-bond donors (Lipinski definition) is 1. The Bertz CT molecular complexity index is 1110. The molecule has 0 fully saturated rings. The first-order valence-electron chi connectivity index (χ1n) is 8.54. The van der Waals surface area contributed by atoms with Gasteiger partial charge in [0.05, 0.1) is 22.9 Å². The molecule has 0 atom stereocenters. The Labute approximate surface area is 160 Å². The lowest BCUT2D eigenvalue weighted by atomic mass is 9.99. The van der Waals surface area contributed by atoms with Gasteiger partial charge in [0.1, 0.15) is 5.56 Å². The number of ether oxygens (including phenoxy) is 1. The van der Waals surface area contributed by atoms with Crippen LogP contribution in [0.2, 0.25) is 0 Å². The highest BCUT2D eigenvalue weighted by Gasteiger charge is 2.24. The van der Waals surface area contributed by atoms with E-state index >= 15 is 0 Å². The molecule has 0 aliphatic carbocycles. The molecule has 8 nitrogen and oxygen atoms in total. The Balaban J connectivity index is 2.34. The summed E-state index contributed by atoms with van der Waals surface area (Å²) in [5.41, 5.74) is 0.851. The minimum Gasteiger partial charge on any atom is -0.462 e. The largest absolute Gasteiger partial charge is 0.462 e. The molecule has 0 saturated carbocycles. The van der Waals surface area contributed by atoms with Crippen LogP contribution in [-0.2, 0) is 4.74 Å². The van der Waals surface area contributed by atoms with Crippen molar-refractivity contribution in [3.63, 3.8) is 0 Å². The Morgan fingerprint density at radius 3 is 2.54 bits per heavy atom. The monoisotopic (exact) mass is 379 g/mol. The Morgan fingerprint density at radius 2 is 1.89 bits per heavy atom. The third kappa shape index (κ3) is 3.66. The Hall–Kier alpha value is -3.81. The van der Waals surface area contributed by atoms with E-state index in [4.69, 9.17) is 4.74 Å². The van der Waals surface area contributed by atoms with Gasteiger partial charge in [-0.05, 0) is 19.4 Å². The molecule has 1 aromatic heterocycles. The maximum absolute atomic E-state index is 12.7. The summed E-state index contributed by atoms with van der Waals surface area (Å²) >= 11 is 0. The summed E-state index contributed by atoms with van der Waals surface area (Å²) in [6.07, 6.45) is 0. The number of esters is 1. The first kappa shape index (κ1) is 19.0.